The number of furan rings is 1. The van der Waals surface area contributed by atoms with Crippen molar-refractivity contribution in [3.63, 3.8) is 0 Å². The van der Waals surface area contributed by atoms with Crippen LogP contribution in [0.1, 0.15) is 11.5 Å². The predicted octanol–water partition coefficient (Wildman–Crippen LogP) is 2.28. The summed E-state index contributed by atoms with van der Waals surface area (Å²) in [5.41, 5.74) is 7.16. The van der Waals surface area contributed by atoms with Crippen molar-refractivity contribution in [3.8, 4) is 11.1 Å². The molecule has 0 aliphatic rings. The van der Waals surface area contributed by atoms with Gasteiger partial charge in [0.25, 0.3) is 0 Å². The van der Waals surface area contributed by atoms with Crippen LogP contribution in [0, 0.1) is 6.92 Å². The van der Waals surface area contributed by atoms with Crippen LogP contribution in [0.15, 0.2) is 40.8 Å². The lowest BCUT2D eigenvalue weighted by Gasteiger charge is -2.00. The Kier molecular flexibility index (Phi) is 2.77. The van der Waals surface area contributed by atoms with Crippen LogP contribution >= 0.6 is 0 Å². The summed E-state index contributed by atoms with van der Waals surface area (Å²) in [5.74, 6) is 1.04. The minimum Gasteiger partial charge on any atom is -0.465 e. The van der Waals surface area contributed by atoms with Crippen molar-refractivity contribution >= 4 is 5.91 Å². The molecule has 0 spiro atoms. The molecule has 0 atom stereocenters. The Labute approximate surface area is 93.9 Å². The van der Waals surface area contributed by atoms with Gasteiger partial charge in [-0.05, 0) is 18.6 Å². The molecular formula is C13H13NO2. The summed E-state index contributed by atoms with van der Waals surface area (Å²) >= 11 is 0. The van der Waals surface area contributed by atoms with Gasteiger partial charge < -0.3 is 10.2 Å². The van der Waals surface area contributed by atoms with E-state index in [9.17, 15) is 4.79 Å². The monoisotopic (exact) mass is 215 g/mol. The first-order valence-electron chi connectivity index (χ1n) is 5.10. The molecule has 82 valence electrons. The molecule has 0 aliphatic carbocycles. The number of carbonyl (C=O) groups excluding carboxylic acids is 1. The lowest BCUT2D eigenvalue weighted by atomic mass is 10.0. The summed E-state index contributed by atoms with van der Waals surface area (Å²) in [7, 11) is 0. The van der Waals surface area contributed by atoms with Crippen LogP contribution in [0.25, 0.3) is 11.1 Å². The van der Waals surface area contributed by atoms with Gasteiger partial charge in [-0.2, -0.15) is 0 Å². The van der Waals surface area contributed by atoms with E-state index in [2.05, 4.69) is 0 Å². The van der Waals surface area contributed by atoms with Crippen molar-refractivity contribution < 1.29 is 9.21 Å². The summed E-state index contributed by atoms with van der Waals surface area (Å²) < 4.78 is 5.48. The standard InChI is InChI=1S/C13H13NO2/c1-9-7-11(10-5-3-2-4-6-10)12(16-9)8-13(14)15/h2-7H,8H2,1H3,(H2,14,15). The number of primary amides is 1. The molecule has 1 heterocycles. The summed E-state index contributed by atoms with van der Waals surface area (Å²) in [4.78, 5) is 10.9. The number of hydrogen-bond donors (Lipinski definition) is 1. The maximum Gasteiger partial charge on any atom is 0.225 e. The molecule has 2 aromatic rings. The molecule has 3 nitrogen and oxygen atoms in total. The van der Waals surface area contributed by atoms with Crippen molar-refractivity contribution in [1.82, 2.24) is 0 Å². The summed E-state index contributed by atoms with van der Waals surface area (Å²) in [6.07, 6.45) is 0.137. The second-order valence-electron chi connectivity index (χ2n) is 3.70. The number of carbonyl (C=O) groups is 1. The van der Waals surface area contributed by atoms with Crippen LogP contribution in [0.4, 0.5) is 0 Å². The van der Waals surface area contributed by atoms with Gasteiger partial charge in [0.1, 0.15) is 11.5 Å². The molecule has 1 aromatic carbocycles. The highest BCUT2D eigenvalue weighted by atomic mass is 16.3. The lowest BCUT2D eigenvalue weighted by molar-refractivity contribution is -0.117. The third-order valence-electron chi connectivity index (χ3n) is 2.35. The number of rotatable bonds is 3. The molecule has 0 bridgehead atoms. The van der Waals surface area contributed by atoms with Crippen LogP contribution in [0.3, 0.4) is 0 Å². The smallest absolute Gasteiger partial charge is 0.225 e. The Balaban J connectivity index is 2.44. The third kappa shape index (κ3) is 2.14. The van der Waals surface area contributed by atoms with E-state index >= 15 is 0 Å². The number of nitrogens with two attached hydrogens (primary N) is 1. The Hall–Kier alpha value is -2.03. The number of hydrogen-bond acceptors (Lipinski definition) is 2. The zero-order chi connectivity index (χ0) is 11.5. The summed E-state index contributed by atoms with van der Waals surface area (Å²) in [6, 6.07) is 11.7. The lowest BCUT2D eigenvalue weighted by Crippen LogP contribution is -2.13. The van der Waals surface area contributed by atoms with Crippen molar-refractivity contribution in [3.05, 3.63) is 47.9 Å². The quantitative estimate of drug-likeness (QED) is 0.853. The van der Waals surface area contributed by atoms with Crippen LogP contribution in [-0.4, -0.2) is 5.91 Å². The topological polar surface area (TPSA) is 56.2 Å². The van der Waals surface area contributed by atoms with E-state index in [0.717, 1.165) is 16.9 Å². The highest BCUT2D eigenvalue weighted by Crippen LogP contribution is 2.27. The van der Waals surface area contributed by atoms with Gasteiger partial charge in [0, 0.05) is 5.56 Å². The second-order valence-corrected chi connectivity index (χ2v) is 3.70. The van der Waals surface area contributed by atoms with E-state index < -0.39 is 0 Å². The number of benzene rings is 1. The van der Waals surface area contributed by atoms with Gasteiger partial charge in [-0.3, -0.25) is 4.79 Å². The second kappa shape index (κ2) is 4.23. The Morgan fingerprint density at radius 3 is 2.62 bits per heavy atom. The van der Waals surface area contributed by atoms with Crippen molar-refractivity contribution in [2.45, 2.75) is 13.3 Å². The number of amides is 1. The van der Waals surface area contributed by atoms with Gasteiger partial charge in [0.15, 0.2) is 0 Å². The molecule has 1 amide bonds. The van der Waals surface area contributed by atoms with Crippen LogP contribution in [-0.2, 0) is 11.2 Å². The van der Waals surface area contributed by atoms with E-state index in [-0.39, 0.29) is 12.3 Å². The largest absolute Gasteiger partial charge is 0.465 e. The maximum absolute atomic E-state index is 10.9. The predicted molar refractivity (Wildman–Crippen MR) is 61.8 cm³/mol. The zero-order valence-corrected chi connectivity index (χ0v) is 9.07. The molecule has 0 radical (unpaired) electrons. The van der Waals surface area contributed by atoms with Crippen LogP contribution in [0.5, 0.6) is 0 Å². The molecule has 0 aliphatic heterocycles. The molecule has 0 fully saturated rings. The average molecular weight is 215 g/mol. The molecule has 2 N–H and O–H groups in total. The molecule has 3 heteroatoms. The average Bonchev–Trinajstić information content (AvgIpc) is 2.60. The molecule has 16 heavy (non-hydrogen) atoms. The summed E-state index contributed by atoms with van der Waals surface area (Å²) in [5, 5.41) is 0. The zero-order valence-electron chi connectivity index (χ0n) is 9.07. The van der Waals surface area contributed by atoms with E-state index in [1.165, 1.54) is 0 Å². The highest BCUT2D eigenvalue weighted by Gasteiger charge is 2.12. The molecular weight excluding hydrogens is 202 g/mol. The SMILES string of the molecule is Cc1cc(-c2ccccc2)c(CC(N)=O)o1. The Morgan fingerprint density at radius 2 is 2.00 bits per heavy atom. The third-order valence-corrected chi connectivity index (χ3v) is 2.35. The molecule has 2 rings (SSSR count). The minimum absolute atomic E-state index is 0.137. The van der Waals surface area contributed by atoms with Gasteiger partial charge in [-0.25, -0.2) is 0 Å². The highest BCUT2D eigenvalue weighted by molar-refractivity contribution is 5.79. The van der Waals surface area contributed by atoms with E-state index in [1.54, 1.807) is 0 Å². The molecule has 1 aromatic heterocycles. The van der Waals surface area contributed by atoms with Gasteiger partial charge in [-0.1, -0.05) is 30.3 Å². The first kappa shape index (κ1) is 10.5. The summed E-state index contributed by atoms with van der Waals surface area (Å²) in [6.45, 7) is 1.86. The van der Waals surface area contributed by atoms with Gasteiger partial charge in [0.05, 0.1) is 6.42 Å². The van der Waals surface area contributed by atoms with Gasteiger partial charge >= 0.3 is 0 Å². The minimum atomic E-state index is -0.383. The first-order chi connectivity index (χ1) is 7.66. The first-order valence-corrected chi connectivity index (χ1v) is 5.10. The van der Waals surface area contributed by atoms with Gasteiger partial charge in [-0.15, -0.1) is 0 Å². The Bertz CT molecular complexity index is 500. The molecule has 0 saturated heterocycles. The molecule has 0 unspecified atom stereocenters. The fourth-order valence-corrected chi connectivity index (χ4v) is 1.71. The van der Waals surface area contributed by atoms with E-state index in [4.69, 9.17) is 10.2 Å². The van der Waals surface area contributed by atoms with Crippen molar-refractivity contribution in [1.29, 1.82) is 0 Å². The van der Waals surface area contributed by atoms with E-state index in [0.29, 0.717) is 5.76 Å². The Morgan fingerprint density at radius 1 is 1.31 bits per heavy atom. The fourth-order valence-electron chi connectivity index (χ4n) is 1.71. The normalized spacial score (nSPS) is 10.3. The van der Waals surface area contributed by atoms with Crippen LogP contribution in [0.2, 0.25) is 0 Å². The fraction of sp³-hybridized carbons (Fsp3) is 0.154. The van der Waals surface area contributed by atoms with E-state index in [1.807, 2.05) is 43.3 Å². The van der Waals surface area contributed by atoms with Gasteiger partial charge in [0.2, 0.25) is 5.91 Å². The van der Waals surface area contributed by atoms with Crippen molar-refractivity contribution in [2.75, 3.05) is 0 Å². The van der Waals surface area contributed by atoms with Crippen molar-refractivity contribution in [2.24, 2.45) is 5.73 Å². The number of aryl methyl sites for hydroxylation is 1. The van der Waals surface area contributed by atoms with Crippen LogP contribution < -0.4 is 5.73 Å². The maximum atomic E-state index is 10.9. The molecule has 0 saturated carbocycles.